The Bertz CT molecular complexity index is 648. The van der Waals surface area contributed by atoms with Gasteiger partial charge in [-0.05, 0) is 33.2 Å². The molecule has 2 rings (SSSR count). The van der Waals surface area contributed by atoms with Gasteiger partial charge in [-0.15, -0.1) is 0 Å². The summed E-state index contributed by atoms with van der Waals surface area (Å²) in [5, 5.41) is 10.6. The Hall–Kier alpha value is -1.99. The molecule has 1 N–H and O–H groups in total. The molecule has 7 heteroatoms. The van der Waals surface area contributed by atoms with Crippen LogP contribution in [-0.2, 0) is 23.9 Å². The molecule has 0 spiro atoms. The first-order chi connectivity index (χ1) is 12.2. The highest BCUT2D eigenvalue weighted by Crippen LogP contribution is 2.27. The number of carbonyl (C=O) groups is 3. The number of allylic oxidation sites excluding steroid dienone is 1. The lowest BCUT2D eigenvalue weighted by molar-refractivity contribution is -0.169. The van der Waals surface area contributed by atoms with Gasteiger partial charge >= 0.3 is 11.9 Å². The molecular weight excluding hydrogens is 338 g/mol. The highest BCUT2D eigenvalue weighted by molar-refractivity contribution is 6.01. The van der Waals surface area contributed by atoms with Crippen molar-refractivity contribution in [3.8, 4) is 0 Å². The van der Waals surface area contributed by atoms with Gasteiger partial charge in [-0.1, -0.05) is 19.1 Å². The lowest BCUT2D eigenvalue weighted by atomic mass is 9.85. The van der Waals surface area contributed by atoms with Crippen LogP contribution in [0.3, 0.4) is 0 Å². The van der Waals surface area contributed by atoms with Crippen molar-refractivity contribution in [1.29, 1.82) is 0 Å². The predicted octanol–water partition coefficient (Wildman–Crippen LogP) is 1.01. The van der Waals surface area contributed by atoms with Crippen molar-refractivity contribution in [2.45, 2.75) is 45.3 Å². The van der Waals surface area contributed by atoms with E-state index in [4.69, 9.17) is 9.47 Å². The average molecular weight is 365 g/mol. The van der Waals surface area contributed by atoms with E-state index in [1.807, 2.05) is 11.9 Å². The maximum absolute atomic E-state index is 12.8. The Morgan fingerprint density at radius 2 is 2.04 bits per heavy atom. The quantitative estimate of drug-likeness (QED) is 0.506. The van der Waals surface area contributed by atoms with Gasteiger partial charge in [0.1, 0.15) is 6.61 Å². The third kappa shape index (κ3) is 4.40. The number of aliphatic hydroxyl groups is 1. The number of hydrogen-bond donors (Lipinski definition) is 1. The molecule has 26 heavy (non-hydrogen) atoms. The number of rotatable bonds is 0. The fourth-order valence-electron chi connectivity index (χ4n) is 2.92. The summed E-state index contributed by atoms with van der Waals surface area (Å²) in [6, 6.07) is 0. The molecule has 0 radical (unpaired) electrons. The minimum absolute atomic E-state index is 0.140. The molecule has 1 fully saturated rings. The summed E-state index contributed by atoms with van der Waals surface area (Å²) >= 11 is 0. The van der Waals surface area contributed by atoms with Crippen molar-refractivity contribution < 1.29 is 29.0 Å². The van der Waals surface area contributed by atoms with E-state index >= 15 is 0 Å². The standard InChI is InChI=1S/C19H27NO6/c1-5-13-10-12(2)19(3,24)18(23)25-11-14-6-8-20(4)9-7-15(16(14)21)26-17(13)22/h5-6,12,15,24H,7-11H2,1-4H3/b13-5-,14-6-. The monoisotopic (exact) mass is 365 g/mol. The van der Waals surface area contributed by atoms with Gasteiger partial charge in [-0.2, -0.15) is 0 Å². The molecule has 0 aromatic carbocycles. The number of ether oxygens (including phenoxy) is 2. The molecule has 0 aromatic heterocycles. The van der Waals surface area contributed by atoms with Crippen LogP contribution in [0.25, 0.3) is 0 Å². The fraction of sp³-hybridized carbons (Fsp3) is 0.632. The molecule has 0 amide bonds. The summed E-state index contributed by atoms with van der Waals surface area (Å²) < 4.78 is 10.7. The number of likely N-dealkylation sites (N-methyl/N-ethyl adjacent to an activating group) is 1. The normalized spacial score (nSPS) is 36.0. The highest BCUT2D eigenvalue weighted by atomic mass is 16.6. The molecular formula is C19H27NO6. The van der Waals surface area contributed by atoms with Crippen molar-refractivity contribution in [3.63, 3.8) is 0 Å². The Kier molecular flexibility index (Phi) is 6.36. The third-order valence-electron chi connectivity index (χ3n) is 5.15. The molecule has 0 aliphatic carbocycles. The first kappa shape index (κ1) is 20.3. The maximum atomic E-state index is 12.8. The Labute approximate surface area is 153 Å². The molecule has 2 bridgehead atoms. The molecule has 7 nitrogen and oxygen atoms in total. The van der Waals surface area contributed by atoms with Gasteiger partial charge in [0.15, 0.2) is 11.7 Å². The van der Waals surface area contributed by atoms with Gasteiger partial charge in [0.2, 0.25) is 5.78 Å². The molecule has 2 heterocycles. The SMILES string of the molecule is C/C=C1/CC(C)C(C)(O)C(=O)OC/C2=C/CN(C)CCC(OC1=O)C2=O. The van der Waals surface area contributed by atoms with Crippen molar-refractivity contribution in [2.75, 3.05) is 26.7 Å². The average Bonchev–Trinajstić information content (AvgIpc) is 2.59. The molecule has 0 saturated carbocycles. The summed E-state index contributed by atoms with van der Waals surface area (Å²) in [5.41, 5.74) is -1.19. The number of carbonyl (C=O) groups excluding carboxylic acids is 3. The molecule has 2 aliphatic heterocycles. The minimum atomic E-state index is -1.78. The van der Waals surface area contributed by atoms with Gasteiger partial charge in [-0.3, -0.25) is 4.79 Å². The Morgan fingerprint density at radius 1 is 1.35 bits per heavy atom. The van der Waals surface area contributed by atoms with Crippen LogP contribution in [-0.4, -0.2) is 66.2 Å². The van der Waals surface area contributed by atoms with Crippen LogP contribution in [0.15, 0.2) is 23.3 Å². The van der Waals surface area contributed by atoms with Gasteiger partial charge in [0, 0.05) is 30.7 Å². The zero-order chi connectivity index (χ0) is 19.5. The molecule has 1 saturated heterocycles. The van der Waals surface area contributed by atoms with Crippen molar-refractivity contribution in [2.24, 2.45) is 5.92 Å². The number of nitrogens with zero attached hydrogens (tertiary/aromatic N) is 1. The molecule has 2 aliphatic rings. The van der Waals surface area contributed by atoms with E-state index in [-0.39, 0.29) is 24.4 Å². The largest absolute Gasteiger partial charge is 0.459 e. The van der Waals surface area contributed by atoms with E-state index in [0.717, 1.165) is 0 Å². The summed E-state index contributed by atoms with van der Waals surface area (Å²) in [6.45, 7) is 5.58. The number of cyclic esters (lactones) is 1. The first-order valence-electron chi connectivity index (χ1n) is 8.84. The number of fused-ring (bicyclic) bond motifs is 2. The van der Waals surface area contributed by atoms with E-state index in [2.05, 4.69) is 0 Å². The maximum Gasteiger partial charge on any atom is 0.338 e. The number of esters is 2. The minimum Gasteiger partial charge on any atom is -0.459 e. The summed E-state index contributed by atoms with van der Waals surface area (Å²) in [7, 11) is 1.89. The smallest absolute Gasteiger partial charge is 0.338 e. The molecule has 144 valence electrons. The van der Waals surface area contributed by atoms with E-state index in [1.165, 1.54) is 6.92 Å². The van der Waals surface area contributed by atoms with Crippen LogP contribution in [0.5, 0.6) is 0 Å². The second kappa shape index (κ2) is 8.14. The Balaban J connectivity index is 2.42. The van der Waals surface area contributed by atoms with Gasteiger partial charge in [-0.25, -0.2) is 9.59 Å². The van der Waals surface area contributed by atoms with E-state index in [1.54, 1.807) is 26.0 Å². The zero-order valence-electron chi connectivity index (χ0n) is 15.8. The number of hydrogen-bond acceptors (Lipinski definition) is 7. The van der Waals surface area contributed by atoms with Crippen LogP contribution < -0.4 is 0 Å². The van der Waals surface area contributed by atoms with Crippen LogP contribution in [0, 0.1) is 5.92 Å². The van der Waals surface area contributed by atoms with Gasteiger partial charge in [0.05, 0.1) is 0 Å². The number of ketones is 1. The molecule has 0 aromatic rings. The van der Waals surface area contributed by atoms with Crippen molar-refractivity contribution in [1.82, 2.24) is 4.90 Å². The van der Waals surface area contributed by atoms with Crippen molar-refractivity contribution >= 4 is 17.7 Å². The van der Waals surface area contributed by atoms with Crippen LogP contribution in [0.4, 0.5) is 0 Å². The van der Waals surface area contributed by atoms with E-state index in [9.17, 15) is 19.5 Å². The highest BCUT2D eigenvalue weighted by Gasteiger charge is 2.40. The fourth-order valence-corrected chi connectivity index (χ4v) is 2.92. The summed E-state index contributed by atoms with van der Waals surface area (Å²) in [5.74, 6) is -2.32. The third-order valence-corrected chi connectivity index (χ3v) is 5.15. The summed E-state index contributed by atoms with van der Waals surface area (Å²) in [4.78, 5) is 39.7. The molecule has 3 atom stereocenters. The van der Waals surface area contributed by atoms with Crippen molar-refractivity contribution in [3.05, 3.63) is 23.3 Å². The second-order valence-electron chi connectivity index (χ2n) is 7.18. The van der Waals surface area contributed by atoms with E-state index in [0.29, 0.717) is 25.1 Å². The second-order valence-corrected chi connectivity index (χ2v) is 7.18. The lowest BCUT2D eigenvalue weighted by Gasteiger charge is -2.31. The first-order valence-corrected chi connectivity index (χ1v) is 8.84. The van der Waals surface area contributed by atoms with Crippen LogP contribution in [0.1, 0.15) is 33.6 Å². The van der Waals surface area contributed by atoms with Gasteiger partial charge < -0.3 is 19.5 Å². The summed E-state index contributed by atoms with van der Waals surface area (Å²) in [6.07, 6.45) is 2.86. The van der Waals surface area contributed by atoms with Gasteiger partial charge in [0.25, 0.3) is 0 Å². The Morgan fingerprint density at radius 3 is 2.69 bits per heavy atom. The molecule has 3 unspecified atom stereocenters. The lowest BCUT2D eigenvalue weighted by Crippen LogP contribution is -2.45. The predicted molar refractivity (Wildman–Crippen MR) is 94.2 cm³/mol. The van der Waals surface area contributed by atoms with E-state index < -0.39 is 29.6 Å². The zero-order valence-corrected chi connectivity index (χ0v) is 15.8. The number of Topliss-reactive ketones (excluding diaryl/α,β-unsaturated/α-hetero) is 1. The van der Waals surface area contributed by atoms with Crippen LogP contribution >= 0.6 is 0 Å². The topological polar surface area (TPSA) is 93.1 Å². The van der Waals surface area contributed by atoms with Crippen LogP contribution in [0.2, 0.25) is 0 Å².